The van der Waals surface area contributed by atoms with E-state index in [1.807, 2.05) is 25.1 Å². The van der Waals surface area contributed by atoms with E-state index in [1.54, 1.807) is 23.3 Å². The lowest BCUT2D eigenvalue weighted by Crippen LogP contribution is -2.50. The Morgan fingerprint density at radius 2 is 2.23 bits per heavy atom. The molecule has 1 N–H and O–H groups in total. The first kappa shape index (κ1) is 18.8. The Labute approximate surface area is 156 Å². The first-order valence-electron chi connectivity index (χ1n) is 8.84. The number of thiazole rings is 1. The number of methoxy groups -OCH3 is 1. The van der Waals surface area contributed by atoms with Gasteiger partial charge in [0.05, 0.1) is 20.6 Å². The predicted octanol–water partition coefficient (Wildman–Crippen LogP) is 3.34. The maximum Gasteiger partial charge on any atom is 0.311 e. The smallest absolute Gasteiger partial charge is 0.311 e. The van der Waals surface area contributed by atoms with Crippen molar-refractivity contribution in [2.75, 3.05) is 26.8 Å². The number of rotatable bonds is 6. The molecule has 3 rings (SSSR count). The van der Waals surface area contributed by atoms with Crippen LogP contribution in [-0.4, -0.2) is 53.7 Å². The average Bonchev–Trinajstić information content (AvgIpc) is 3.00. The second-order valence-electron chi connectivity index (χ2n) is 6.93. The molecule has 140 valence electrons. The van der Waals surface area contributed by atoms with Crippen LogP contribution in [0.15, 0.2) is 18.2 Å². The minimum Gasteiger partial charge on any atom is -0.481 e. The van der Waals surface area contributed by atoms with Gasteiger partial charge in [0.25, 0.3) is 5.91 Å². The van der Waals surface area contributed by atoms with E-state index in [0.29, 0.717) is 44.4 Å². The highest BCUT2D eigenvalue weighted by molar-refractivity contribution is 7.18. The van der Waals surface area contributed by atoms with Crippen LogP contribution in [0.1, 0.15) is 41.0 Å². The number of carboxylic acid groups (broad SMARTS) is 1. The summed E-state index contributed by atoms with van der Waals surface area (Å²) in [5, 5.41) is 10.8. The third-order valence-electron chi connectivity index (χ3n) is 5.06. The molecule has 2 aromatic rings. The monoisotopic (exact) mass is 376 g/mol. The van der Waals surface area contributed by atoms with Gasteiger partial charge in [-0.15, -0.1) is 11.3 Å². The summed E-state index contributed by atoms with van der Waals surface area (Å²) in [6, 6.07) is 5.54. The number of carboxylic acids is 1. The number of aliphatic carboxylic acids is 1. The number of piperidine rings is 1. The highest BCUT2D eigenvalue weighted by Gasteiger charge is 2.43. The van der Waals surface area contributed by atoms with Crippen molar-refractivity contribution in [3.63, 3.8) is 0 Å². The summed E-state index contributed by atoms with van der Waals surface area (Å²) < 4.78 is 6.12. The molecule has 2 heterocycles. The Morgan fingerprint density at radius 3 is 2.96 bits per heavy atom. The highest BCUT2D eigenvalue weighted by atomic mass is 32.1. The number of nitrogens with zero attached hydrogens (tertiary/aromatic N) is 2. The van der Waals surface area contributed by atoms with Crippen molar-refractivity contribution in [3.8, 4) is 0 Å². The number of hydrogen-bond acceptors (Lipinski definition) is 5. The van der Waals surface area contributed by atoms with Gasteiger partial charge in [-0.1, -0.05) is 0 Å². The summed E-state index contributed by atoms with van der Waals surface area (Å²) in [5.74, 6) is -0.939. The van der Waals surface area contributed by atoms with Gasteiger partial charge in [-0.2, -0.15) is 0 Å². The van der Waals surface area contributed by atoms with Crippen molar-refractivity contribution >= 4 is 33.4 Å². The number of benzene rings is 1. The molecule has 0 unspecified atom stereocenters. The maximum absolute atomic E-state index is 13.0. The third-order valence-corrected chi connectivity index (χ3v) is 6.01. The molecule has 1 amide bonds. The number of carbonyl (C=O) groups is 2. The summed E-state index contributed by atoms with van der Waals surface area (Å²) in [4.78, 5) is 31.1. The Morgan fingerprint density at radius 1 is 1.42 bits per heavy atom. The number of aromatic nitrogens is 1. The van der Waals surface area contributed by atoms with Crippen molar-refractivity contribution in [1.82, 2.24) is 9.88 Å². The molecule has 0 spiro atoms. The molecule has 0 radical (unpaired) electrons. The van der Waals surface area contributed by atoms with Gasteiger partial charge in [0, 0.05) is 32.4 Å². The van der Waals surface area contributed by atoms with E-state index < -0.39 is 11.4 Å². The number of aryl methyl sites for hydroxylation is 1. The fraction of sp³-hybridized carbons (Fsp3) is 0.526. The standard InChI is InChI=1S/C19H24N2O4S/c1-13-20-15-11-14(5-6-16(15)26-13)17(22)21-9-3-7-19(12-21,18(23)24)8-4-10-25-2/h5-6,11H,3-4,7-10,12H2,1-2H3,(H,23,24)/t19-/m0/s1. The van der Waals surface area contributed by atoms with E-state index in [0.717, 1.165) is 15.2 Å². The Kier molecular flexibility index (Phi) is 5.58. The van der Waals surface area contributed by atoms with Crippen molar-refractivity contribution in [3.05, 3.63) is 28.8 Å². The van der Waals surface area contributed by atoms with E-state index in [2.05, 4.69) is 4.98 Å². The minimum absolute atomic E-state index is 0.116. The van der Waals surface area contributed by atoms with Gasteiger partial charge in [-0.3, -0.25) is 9.59 Å². The van der Waals surface area contributed by atoms with Crippen molar-refractivity contribution in [1.29, 1.82) is 0 Å². The van der Waals surface area contributed by atoms with Crippen LogP contribution in [0.3, 0.4) is 0 Å². The van der Waals surface area contributed by atoms with Crippen LogP contribution in [0.4, 0.5) is 0 Å². The Hall–Kier alpha value is -1.99. The second kappa shape index (κ2) is 7.72. The molecule has 1 aromatic heterocycles. The zero-order valence-corrected chi connectivity index (χ0v) is 16.0. The predicted molar refractivity (Wildman–Crippen MR) is 101 cm³/mol. The van der Waals surface area contributed by atoms with Crippen LogP contribution in [0.2, 0.25) is 0 Å². The van der Waals surface area contributed by atoms with E-state index in [1.165, 1.54) is 0 Å². The number of ether oxygens (including phenoxy) is 1. The second-order valence-corrected chi connectivity index (χ2v) is 8.16. The van der Waals surface area contributed by atoms with E-state index >= 15 is 0 Å². The van der Waals surface area contributed by atoms with E-state index in [-0.39, 0.29) is 12.5 Å². The number of carbonyl (C=O) groups excluding carboxylic acids is 1. The summed E-state index contributed by atoms with van der Waals surface area (Å²) in [5.41, 5.74) is 0.508. The third kappa shape index (κ3) is 3.73. The Balaban J connectivity index is 1.80. The molecule has 6 nitrogen and oxygen atoms in total. The lowest BCUT2D eigenvalue weighted by molar-refractivity contribution is -0.152. The van der Waals surface area contributed by atoms with Crippen molar-refractivity contribution < 1.29 is 19.4 Å². The van der Waals surface area contributed by atoms with Gasteiger partial charge >= 0.3 is 5.97 Å². The van der Waals surface area contributed by atoms with Crippen LogP contribution in [0, 0.1) is 12.3 Å². The quantitative estimate of drug-likeness (QED) is 0.782. The molecule has 0 bridgehead atoms. The van der Waals surface area contributed by atoms with Gasteiger partial charge in [0.1, 0.15) is 0 Å². The summed E-state index contributed by atoms with van der Waals surface area (Å²) in [6.45, 7) is 3.31. The maximum atomic E-state index is 13.0. The molecule has 26 heavy (non-hydrogen) atoms. The molecule has 1 fully saturated rings. The first-order valence-corrected chi connectivity index (χ1v) is 9.66. The Bertz CT molecular complexity index is 819. The molecule has 0 saturated carbocycles. The van der Waals surface area contributed by atoms with Gasteiger partial charge < -0.3 is 14.7 Å². The molecular weight excluding hydrogens is 352 g/mol. The van der Waals surface area contributed by atoms with Crippen LogP contribution < -0.4 is 0 Å². The normalized spacial score (nSPS) is 20.5. The van der Waals surface area contributed by atoms with Crippen LogP contribution in [0.5, 0.6) is 0 Å². The summed E-state index contributed by atoms with van der Waals surface area (Å²) in [7, 11) is 1.61. The van der Waals surface area contributed by atoms with Gasteiger partial charge in [0.15, 0.2) is 0 Å². The number of fused-ring (bicyclic) bond motifs is 1. The van der Waals surface area contributed by atoms with Crippen molar-refractivity contribution in [2.45, 2.75) is 32.6 Å². The molecule has 1 aromatic carbocycles. The minimum atomic E-state index is -0.881. The molecule has 1 saturated heterocycles. The lowest BCUT2D eigenvalue weighted by atomic mass is 9.76. The van der Waals surface area contributed by atoms with E-state index in [4.69, 9.17) is 4.74 Å². The molecule has 1 aliphatic heterocycles. The zero-order chi connectivity index (χ0) is 18.7. The van der Waals surface area contributed by atoms with Crippen LogP contribution >= 0.6 is 11.3 Å². The van der Waals surface area contributed by atoms with E-state index in [9.17, 15) is 14.7 Å². The fourth-order valence-electron chi connectivity index (χ4n) is 3.70. The highest BCUT2D eigenvalue weighted by Crippen LogP contribution is 2.36. The largest absolute Gasteiger partial charge is 0.481 e. The SMILES string of the molecule is COCCC[C@@]1(C(=O)O)CCCN(C(=O)c2ccc3sc(C)nc3c2)C1. The van der Waals surface area contributed by atoms with Crippen molar-refractivity contribution in [2.24, 2.45) is 5.41 Å². The molecule has 1 atom stereocenters. The number of hydrogen-bond donors (Lipinski definition) is 1. The summed E-state index contributed by atoms with van der Waals surface area (Å²) in [6.07, 6.45) is 2.49. The average molecular weight is 376 g/mol. The molecular formula is C19H24N2O4S. The number of amides is 1. The lowest BCUT2D eigenvalue weighted by Gasteiger charge is -2.40. The first-order chi connectivity index (χ1) is 12.4. The van der Waals surface area contributed by atoms with Gasteiger partial charge in [-0.05, 0) is 50.8 Å². The van der Waals surface area contributed by atoms with Gasteiger partial charge in [0.2, 0.25) is 0 Å². The topological polar surface area (TPSA) is 79.7 Å². The molecule has 1 aliphatic rings. The fourth-order valence-corrected chi connectivity index (χ4v) is 4.51. The molecule has 7 heteroatoms. The molecule has 0 aliphatic carbocycles. The van der Waals surface area contributed by atoms with Crippen LogP contribution in [-0.2, 0) is 9.53 Å². The summed E-state index contributed by atoms with van der Waals surface area (Å²) >= 11 is 1.60. The number of likely N-dealkylation sites (tertiary alicyclic amines) is 1. The van der Waals surface area contributed by atoms with Gasteiger partial charge in [-0.25, -0.2) is 4.98 Å². The van der Waals surface area contributed by atoms with Crippen LogP contribution in [0.25, 0.3) is 10.2 Å². The zero-order valence-electron chi connectivity index (χ0n) is 15.2.